The van der Waals surface area contributed by atoms with Crippen LogP contribution in [0.15, 0.2) is 18.2 Å². The Hall–Kier alpha value is -2.32. The molecule has 8 heteroatoms. The third-order valence-corrected chi connectivity index (χ3v) is 5.21. The van der Waals surface area contributed by atoms with Crippen molar-refractivity contribution in [2.45, 2.75) is 25.9 Å². The predicted molar refractivity (Wildman–Crippen MR) is 100 cm³/mol. The molecule has 1 unspecified atom stereocenters. The van der Waals surface area contributed by atoms with Crippen molar-refractivity contribution in [1.82, 2.24) is 5.32 Å². The van der Waals surface area contributed by atoms with Crippen molar-refractivity contribution in [1.29, 1.82) is 0 Å². The number of anilines is 1. The Kier molecular flexibility index (Phi) is 5.95. The summed E-state index contributed by atoms with van der Waals surface area (Å²) >= 11 is 1.31. The second-order valence-electron chi connectivity index (χ2n) is 5.87. The van der Waals surface area contributed by atoms with Gasteiger partial charge in [0.1, 0.15) is 0 Å². The molecule has 1 saturated heterocycles. The van der Waals surface area contributed by atoms with Crippen molar-refractivity contribution in [3.63, 3.8) is 0 Å². The summed E-state index contributed by atoms with van der Waals surface area (Å²) in [7, 11) is 1.34. The number of carbonyl (C=O) groups is 2. The molecule has 1 aliphatic rings. The minimum atomic E-state index is -0.432. The van der Waals surface area contributed by atoms with Gasteiger partial charge in [-0.25, -0.2) is 9.59 Å². The quantitative estimate of drug-likeness (QED) is 0.753. The fourth-order valence-corrected chi connectivity index (χ4v) is 3.90. The van der Waals surface area contributed by atoms with Gasteiger partial charge >= 0.3 is 12.0 Å². The average molecular weight is 378 g/mol. The second kappa shape index (κ2) is 8.37. The van der Waals surface area contributed by atoms with Crippen LogP contribution in [0.4, 0.5) is 10.5 Å². The molecule has 1 aromatic carbocycles. The van der Waals surface area contributed by atoms with Gasteiger partial charge in [0.05, 0.1) is 19.8 Å². The highest BCUT2D eigenvalue weighted by Gasteiger charge is 2.21. The number of amides is 2. The summed E-state index contributed by atoms with van der Waals surface area (Å²) in [6, 6.07) is 5.15. The maximum atomic E-state index is 12.1. The smallest absolute Gasteiger partial charge is 0.351 e. The van der Waals surface area contributed by atoms with Crippen LogP contribution in [-0.4, -0.2) is 45.0 Å². The number of fused-ring (bicyclic) bond motifs is 1. The van der Waals surface area contributed by atoms with E-state index in [-0.39, 0.29) is 12.1 Å². The molecular weight excluding hydrogens is 356 g/mol. The van der Waals surface area contributed by atoms with Crippen molar-refractivity contribution in [2.75, 3.05) is 32.2 Å². The third-order valence-electron chi connectivity index (χ3n) is 4.07. The van der Waals surface area contributed by atoms with Gasteiger partial charge in [-0.15, -0.1) is 11.3 Å². The molecule has 1 atom stereocenters. The molecule has 2 N–H and O–H groups in total. The summed E-state index contributed by atoms with van der Waals surface area (Å²) in [5, 5.41) is 6.40. The Morgan fingerprint density at radius 3 is 2.92 bits per heavy atom. The van der Waals surface area contributed by atoms with Crippen LogP contribution in [0.3, 0.4) is 0 Å². The number of hydrogen-bond acceptors (Lipinski definition) is 6. The summed E-state index contributed by atoms with van der Waals surface area (Å²) in [5.41, 5.74) is 0.623. The number of rotatable bonds is 6. The Bertz CT molecular complexity index is 798. The molecule has 2 aromatic rings. The lowest BCUT2D eigenvalue weighted by molar-refractivity contribution is 0.0602. The summed E-state index contributed by atoms with van der Waals surface area (Å²) in [4.78, 5) is 24.5. The van der Waals surface area contributed by atoms with Crippen molar-refractivity contribution < 1.29 is 23.8 Å². The van der Waals surface area contributed by atoms with Gasteiger partial charge < -0.3 is 24.8 Å². The minimum absolute atomic E-state index is 0.0901. The molecule has 1 aliphatic heterocycles. The lowest BCUT2D eigenvalue weighted by Crippen LogP contribution is -2.34. The first-order chi connectivity index (χ1) is 12.6. The van der Waals surface area contributed by atoms with E-state index in [4.69, 9.17) is 14.2 Å². The van der Waals surface area contributed by atoms with Gasteiger partial charge in [0, 0.05) is 28.9 Å². The number of nitrogens with one attached hydrogen (secondary N) is 2. The number of methoxy groups -OCH3 is 1. The highest BCUT2D eigenvalue weighted by Crippen LogP contribution is 2.39. The van der Waals surface area contributed by atoms with E-state index in [1.54, 1.807) is 12.1 Å². The third kappa shape index (κ3) is 4.08. The zero-order chi connectivity index (χ0) is 18.5. The predicted octanol–water partition coefficient (Wildman–Crippen LogP) is 3.39. The van der Waals surface area contributed by atoms with E-state index in [1.165, 1.54) is 18.4 Å². The number of benzene rings is 1. The van der Waals surface area contributed by atoms with Crippen LogP contribution in [0.2, 0.25) is 0 Å². The fourth-order valence-electron chi connectivity index (χ4n) is 2.85. The molecule has 26 heavy (non-hydrogen) atoms. The monoisotopic (exact) mass is 378 g/mol. The van der Waals surface area contributed by atoms with Crippen molar-refractivity contribution >= 4 is 39.1 Å². The fraction of sp³-hybridized carbons (Fsp3) is 0.444. The van der Waals surface area contributed by atoms with Crippen molar-refractivity contribution in [3.05, 3.63) is 23.1 Å². The molecule has 2 amide bonds. The van der Waals surface area contributed by atoms with Crippen molar-refractivity contribution in [3.8, 4) is 5.75 Å². The van der Waals surface area contributed by atoms with Crippen LogP contribution in [-0.2, 0) is 9.47 Å². The van der Waals surface area contributed by atoms with E-state index in [0.717, 1.165) is 29.5 Å². The maximum Gasteiger partial charge on any atom is 0.351 e. The van der Waals surface area contributed by atoms with Crippen LogP contribution in [0, 0.1) is 0 Å². The number of urea groups is 1. The highest BCUT2D eigenvalue weighted by atomic mass is 32.1. The van der Waals surface area contributed by atoms with Gasteiger partial charge in [-0.05, 0) is 38.0 Å². The van der Waals surface area contributed by atoms with Gasteiger partial charge in [-0.1, -0.05) is 0 Å². The van der Waals surface area contributed by atoms with Gasteiger partial charge in [-0.2, -0.15) is 0 Å². The number of ether oxygens (including phenoxy) is 3. The molecule has 7 nitrogen and oxygen atoms in total. The first-order valence-electron chi connectivity index (χ1n) is 8.56. The Labute approximate surface area is 155 Å². The number of thiophene rings is 1. The summed E-state index contributed by atoms with van der Waals surface area (Å²) in [6.45, 7) is 3.52. The highest BCUT2D eigenvalue weighted by molar-refractivity contribution is 7.21. The van der Waals surface area contributed by atoms with E-state index in [9.17, 15) is 9.59 Å². The summed E-state index contributed by atoms with van der Waals surface area (Å²) in [5.74, 6) is 0.0567. The van der Waals surface area contributed by atoms with Gasteiger partial charge in [0.15, 0.2) is 10.6 Å². The molecule has 1 aromatic heterocycles. The molecule has 1 fully saturated rings. The molecular formula is C18H22N2O5S. The summed E-state index contributed by atoms with van der Waals surface area (Å²) in [6.07, 6.45) is 2.09. The lowest BCUT2D eigenvalue weighted by atomic mass is 10.2. The maximum absolute atomic E-state index is 12.1. The molecule has 2 heterocycles. The molecule has 140 valence electrons. The van der Waals surface area contributed by atoms with Crippen molar-refractivity contribution in [2.24, 2.45) is 0 Å². The normalized spacial score (nSPS) is 16.5. The first-order valence-corrected chi connectivity index (χ1v) is 9.38. The van der Waals surface area contributed by atoms with Crippen LogP contribution >= 0.6 is 11.3 Å². The molecule has 0 bridgehead atoms. The SMILES string of the molecule is CCOc1c(C(=O)OC)sc2ccc(NC(=O)NCC3CCCO3)cc12. The van der Waals surface area contributed by atoms with Gasteiger partial charge in [0.2, 0.25) is 0 Å². The molecule has 0 spiro atoms. The van der Waals surface area contributed by atoms with Crippen LogP contribution < -0.4 is 15.4 Å². The van der Waals surface area contributed by atoms with E-state index in [0.29, 0.717) is 29.5 Å². The largest absolute Gasteiger partial charge is 0.491 e. The summed E-state index contributed by atoms with van der Waals surface area (Å²) < 4.78 is 16.9. The molecule has 3 rings (SSSR count). The zero-order valence-electron chi connectivity index (χ0n) is 14.8. The first kappa shape index (κ1) is 18.5. The Morgan fingerprint density at radius 1 is 1.38 bits per heavy atom. The second-order valence-corrected chi connectivity index (χ2v) is 6.92. The number of hydrogen-bond donors (Lipinski definition) is 2. The minimum Gasteiger partial charge on any atom is -0.491 e. The lowest BCUT2D eigenvalue weighted by Gasteiger charge is -2.12. The molecule has 0 aliphatic carbocycles. The van der Waals surface area contributed by atoms with E-state index < -0.39 is 5.97 Å². The Morgan fingerprint density at radius 2 is 2.23 bits per heavy atom. The zero-order valence-corrected chi connectivity index (χ0v) is 15.6. The van der Waals surface area contributed by atoms with E-state index >= 15 is 0 Å². The van der Waals surface area contributed by atoms with Crippen LogP contribution in [0.25, 0.3) is 10.1 Å². The Balaban J connectivity index is 1.75. The molecule has 0 radical (unpaired) electrons. The van der Waals surface area contributed by atoms with Gasteiger partial charge in [-0.3, -0.25) is 0 Å². The van der Waals surface area contributed by atoms with Crippen LogP contribution in [0.5, 0.6) is 5.75 Å². The number of carbonyl (C=O) groups excluding carboxylic acids is 2. The standard InChI is InChI=1S/C18H22N2O5S/c1-3-24-15-13-9-11(6-7-14(13)26-16(15)17(21)23-2)20-18(22)19-10-12-5-4-8-25-12/h6-7,9,12H,3-5,8,10H2,1-2H3,(H2,19,20,22). The average Bonchev–Trinajstić information content (AvgIpc) is 3.28. The van der Waals surface area contributed by atoms with Crippen LogP contribution in [0.1, 0.15) is 29.4 Å². The molecule has 0 saturated carbocycles. The number of esters is 1. The van der Waals surface area contributed by atoms with Gasteiger partial charge in [0.25, 0.3) is 0 Å². The van der Waals surface area contributed by atoms with E-state index in [1.807, 2.05) is 13.0 Å². The topological polar surface area (TPSA) is 85.9 Å². The van der Waals surface area contributed by atoms with E-state index in [2.05, 4.69) is 10.6 Å².